The summed E-state index contributed by atoms with van der Waals surface area (Å²) in [7, 11) is 0. The third kappa shape index (κ3) is 4.90. The first kappa shape index (κ1) is 24.5. The first-order valence-electron chi connectivity index (χ1n) is 11.3. The van der Waals surface area contributed by atoms with Crippen LogP contribution in [-0.4, -0.2) is 40.4 Å². The molecule has 1 aliphatic rings. The van der Waals surface area contributed by atoms with Crippen molar-refractivity contribution in [3.8, 4) is 5.69 Å². The Labute approximate surface area is 207 Å². The van der Waals surface area contributed by atoms with Crippen molar-refractivity contribution in [2.24, 2.45) is 0 Å². The molecule has 9 heteroatoms. The topological polar surface area (TPSA) is 67.2 Å². The van der Waals surface area contributed by atoms with Gasteiger partial charge in [-0.3, -0.25) is 14.5 Å². The maximum absolute atomic E-state index is 13.7. The van der Waals surface area contributed by atoms with E-state index in [1.165, 1.54) is 12.1 Å². The number of nitrogens with one attached hydrogen (secondary N) is 1. The summed E-state index contributed by atoms with van der Waals surface area (Å²) < 4.78 is 15.4. The average Bonchev–Trinajstić information content (AvgIpc) is 3.43. The van der Waals surface area contributed by atoms with Crippen LogP contribution in [0.4, 0.5) is 10.2 Å². The molecular formula is C25H29FN4O2S2. The van der Waals surface area contributed by atoms with E-state index in [9.17, 15) is 14.0 Å². The quantitative estimate of drug-likeness (QED) is 0.513. The normalized spacial score (nSPS) is 16.3. The maximum atomic E-state index is 13.7. The van der Waals surface area contributed by atoms with Gasteiger partial charge in [0.1, 0.15) is 18.2 Å². The van der Waals surface area contributed by atoms with Crippen molar-refractivity contribution in [2.75, 3.05) is 23.7 Å². The van der Waals surface area contributed by atoms with E-state index in [1.54, 1.807) is 44.8 Å². The van der Waals surface area contributed by atoms with Crippen LogP contribution in [-0.2, 0) is 15.0 Å². The molecule has 3 heterocycles. The number of rotatable bonds is 6. The Bertz CT molecular complexity index is 1170. The van der Waals surface area contributed by atoms with Crippen LogP contribution in [0.25, 0.3) is 5.69 Å². The molecule has 180 valence electrons. The van der Waals surface area contributed by atoms with Gasteiger partial charge >= 0.3 is 0 Å². The van der Waals surface area contributed by atoms with E-state index < -0.39 is 0 Å². The summed E-state index contributed by atoms with van der Waals surface area (Å²) in [5, 5.41) is 11.9. The lowest BCUT2D eigenvalue weighted by molar-refractivity contribution is -0.122. The Morgan fingerprint density at radius 1 is 1.24 bits per heavy atom. The minimum absolute atomic E-state index is 0.0980. The lowest BCUT2D eigenvalue weighted by Crippen LogP contribution is -2.42. The Hall–Kier alpha value is -2.65. The Morgan fingerprint density at radius 2 is 1.97 bits per heavy atom. The first-order chi connectivity index (χ1) is 16.2. The van der Waals surface area contributed by atoms with Crippen molar-refractivity contribution in [1.82, 2.24) is 15.1 Å². The number of hydrogen-bond acceptors (Lipinski definition) is 5. The summed E-state index contributed by atoms with van der Waals surface area (Å²) in [6.45, 7) is 8.70. The Kier molecular flexibility index (Phi) is 7.14. The molecule has 2 aromatic heterocycles. The van der Waals surface area contributed by atoms with Gasteiger partial charge in [-0.25, -0.2) is 9.07 Å². The number of fused-ring (bicyclic) bond motifs is 1. The number of thiophene rings is 1. The minimum atomic E-state index is -0.350. The van der Waals surface area contributed by atoms with Crippen LogP contribution in [0.3, 0.4) is 0 Å². The molecule has 0 bridgehead atoms. The van der Waals surface area contributed by atoms with Gasteiger partial charge in [0, 0.05) is 17.5 Å². The molecule has 0 aliphatic carbocycles. The highest BCUT2D eigenvalue weighted by atomic mass is 32.2. The Morgan fingerprint density at radius 3 is 2.59 bits per heavy atom. The number of amides is 2. The predicted octanol–water partition coefficient (Wildman–Crippen LogP) is 5.07. The third-order valence-electron chi connectivity index (χ3n) is 5.59. The lowest BCUT2D eigenvalue weighted by atomic mass is 9.87. The van der Waals surface area contributed by atoms with Gasteiger partial charge in [-0.05, 0) is 53.1 Å². The van der Waals surface area contributed by atoms with Crippen LogP contribution in [0.15, 0.2) is 41.1 Å². The van der Waals surface area contributed by atoms with Crippen LogP contribution in [0, 0.1) is 5.82 Å². The average molecular weight is 501 g/mol. The van der Waals surface area contributed by atoms with Crippen LogP contribution >= 0.6 is 23.1 Å². The van der Waals surface area contributed by atoms with E-state index in [2.05, 4.69) is 37.5 Å². The van der Waals surface area contributed by atoms with E-state index in [0.717, 1.165) is 23.2 Å². The highest BCUT2D eigenvalue weighted by Gasteiger charge is 2.40. The van der Waals surface area contributed by atoms with Crippen LogP contribution in [0.5, 0.6) is 0 Å². The maximum Gasteiger partial charge on any atom is 0.240 e. The second-order valence-electron chi connectivity index (χ2n) is 9.30. The van der Waals surface area contributed by atoms with Gasteiger partial charge in [0.15, 0.2) is 0 Å². The zero-order valence-corrected chi connectivity index (χ0v) is 21.4. The predicted molar refractivity (Wildman–Crippen MR) is 136 cm³/mol. The van der Waals surface area contributed by atoms with Crippen molar-refractivity contribution >= 4 is 40.7 Å². The van der Waals surface area contributed by atoms with Gasteiger partial charge in [-0.15, -0.1) is 11.8 Å². The van der Waals surface area contributed by atoms with E-state index in [0.29, 0.717) is 18.1 Å². The number of anilines is 1. The first-order valence-corrected chi connectivity index (χ1v) is 13.3. The number of halogens is 1. The molecule has 1 atom stereocenters. The molecule has 0 radical (unpaired) electrons. The van der Waals surface area contributed by atoms with Gasteiger partial charge in [-0.1, -0.05) is 27.7 Å². The summed E-state index contributed by atoms with van der Waals surface area (Å²) in [6.07, 6.45) is 0.808. The van der Waals surface area contributed by atoms with Gasteiger partial charge in [0.05, 0.1) is 22.4 Å². The number of nitrogens with zero attached hydrogens (tertiary/aromatic N) is 3. The van der Waals surface area contributed by atoms with Crippen molar-refractivity contribution in [1.29, 1.82) is 0 Å². The molecule has 0 fully saturated rings. The van der Waals surface area contributed by atoms with Crippen molar-refractivity contribution < 1.29 is 14.0 Å². The number of aromatic nitrogens is 2. The van der Waals surface area contributed by atoms with Gasteiger partial charge in [-0.2, -0.15) is 16.4 Å². The molecule has 0 spiro atoms. The molecule has 0 saturated carbocycles. The molecule has 4 rings (SSSR count). The number of hydrogen-bond donors (Lipinski definition) is 1. The van der Waals surface area contributed by atoms with Crippen LogP contribution in [0.1, 0.15) is 56.2 Å². The molecule has 0 unspecified atom stereocenters. The molecule has 0 saturated heterocycles. The van der Waals surface area contributed by atoms with Crippen molar-refractivity contribution in [3.05, 3.63) is 63.7 Å². The third-order valence-corrected chi connectivity index (χ3v) is 7.55. The second-order valence-corrected chi connectivity index (χ2v) is 11.2. The fourth-order valence-electron chi connectivity index (χ4n) is 3.99. The molecule has 2 amide bonds. The highest BCUT2D eigenvalue weighted by molar-refractivity contribution is 8.00. The summed E-state index contributed by atoms with van der Waals surface area (Å²) in [5.41, 5.74) is 3.19. The number of carbonyl (C=O) groups excluding carboxylic acids is 2. The SMILES string of the molecule is CCCNC(=O)CN1C(=O)CS[C@H](c2ccsc2)c2c(C(C)(C)C)nn(-c3ccc(F)cc3)c21. The monoisotopic (exact) mass is 500 g/mol. The van der Waals surface area contributed by atoms with E-state index in [1.807, 2.05) is 12.3 Å². The number of thioether (sulfide) groups is 1. The van der Waals surface area contributed by atoms with E-state index >= 15 is 0 Å². The summed E-state index contributed by atoms with van der Waals surface area (Å²) in [5.74, 6) is 0.0955. The lowest BCUT2D eigenvalue weighted by Gasteiger charge is -2.24. The standard InChI is InChI=1S/C25H29FN4O2S2/c1-5-11-27-19(31)13-29-20(32)15-34-22(16-10-12-33-14-16)21-23(25(2,3)4)28-30(24(21)29)18-8-6-17(26)7-9-18/h6-10,12,14,22H,5,11,13,15H2,1-4H3,(H,27,31)/t22-/m1/s1. The van der Waals surface area contributed by atoms with Gasteiger partial charge < -0.3 is 5.32 Å². The van der Waals surface area contributed by atoms with Crippen molar-refractivity contribution in [3.63, 3.8) is 0 Å². The smallest absolute Gasteiger partial charge is 0.240 e. The minimum Gasteiger partial charge on any atom is -0.355 e. The van der Waals surface area contributed by atoms with Gasteiger partial charge in [0.25, 0.3) is 0 Å². The van der Waals surface area contributed by atoms with Crippen LogP contribution in [0.2, 0.25) is 0 Å². The zero-order chi connectivity index (χ0) is 24.5. The molecular weight excluding hydrogens is 471 g/mol. The number of benzene rings is 1. The zero-order valence-electron chi connectivity index (χ0n) is 19.8. The Balaban J connectivity index is 1.97. The summed E-state index contributed by atoms with van der Waals surface area (Å²) in [4.78, 5) is 27.7. The summed E-state index contributed by atoms with van der Waals surface area (Å²) in [6, 6.07) is 8.12. The van der Waals surface area contributed by atoms with Crippen LogP contribution < -0.4 is 10.2 Å². The van der Waals surface area contributed by atoms with E-state index in [4.69, 9.17) is 5.10 Å². The molecule has 34 heavy (non-hydrogen) atoms. The summed E-state index contributed by atoms with van der Waals surface area (Å²) >= 11 is 3.16. The molecule has 1 aromatic carbocycles. The largest absolute Gasteiger partial charge is 0.355 e. The molecule has 3 aromatic rings. The molecule has 6 nitrogen and oxygen atoms in total. The molecule has 1 aliphatic heterocycles. The van der Waals surface area contributed by atoms with E-state index in [-0.39, 0.29) is 40.6 Å². The number of carbonyl (C=O) groups is 2. The van der Waals surface area contributed by atoms with Crippen molar-refractivity contribution in [2.45, 2.75) is 44.8 Å². The van der Waals surface area contributed by atoms with Gasteiger partial charge in [0.2, 0.25) is 11.8 Å². The second kappa shape index (κ2) is 9.92. The molecule has 1 N–H and O–H groups in total. The fourth-order valence-corrected chi connectivity index (χ4v) is 5.95. The highest BCUT2D eigenvalue weighted by Crippen LogP contribution is 2.48. The fraction of sp³-hybridized carbons (Fsp3) is 0.400.